The zero-order valence-electron chi connectivity index (χ0n) is 14.6. The first kappa shape index (κ1) is 15.4. The highest BCUT2D eigenvalue weighted by molar-refractivity contribution is 5.93. The van der Waals surface area contributed by atoms with E-state index in [-0.39, 0.29) is 11.9 Å². The van der Waals surface area contributed by atoms with Crippen LogP contribution in [0.2, 0.25) is 0 Å². The lowest BCUT2D eigenvalue weighted by Crippen LogP contribution is -2.29. The molecule has 1 N–H and O–H groups in total. The molecule has 2 aliphatic rings. The number of aromatic nitrogens is 2. The highest BCUT2D eigenvalue weighted by Crippen LogP contribution is 2.40. The molecular formula is C22H21N3O. The third kappa shape index (κ3) is 2.71. The van der Waals surface area contributed by atoms with Crippen LogP contribution in [0, 0.1) is 0 Å². The van der Waals surface area contributed by atoms with Crippen LogP contribution >= 0.6 is 0 Å². The molecule has 1 fully saturated rings. The second kappa shape index (κ2) is 6.13. The van der Waals surface area contributed by atoms with Crippen molar-refractivity contribution in [3.63, 3.8) is 0 Å². The van der Waals surface area contributed by atoms with Crippen LogP contribution in [0.5, 0.6) is 0 Å². The van der Waals surface area contributed by atoms with Crippen molar-refractivity contribution in [2.24, 2.45) is 0 Å². The Morgan fingerprint density at radius 2 is 1.77 bits per heavy atom. The minimum atomic E-state index is -0.0463. The Morgan fingerprint density at radius 1 is 1.00 bits per heavy atom. The molecular weight excluding hydrogens is 322 g/mol. The van der Waals surface area contributed by atoms with Crippen molar-refractivity contribution in [3.8, 4) is 5.69 Å². The van der Waals surface area contributed by atoms with Crippen LogP contribution in [0.1, 0.15) is 58.5 Å². The normalized spacial score (nSPS) is 18.5. The van der Waals surface area contributed by atoms with Gasteiger partial charge in [0.25, 0.3) is 5.91 Å². The predicted octanol–water partition coefficient (Wildman–Crippen LogP) is 4.17. The van der Waals surface area contributed by atoms with E-state index in [1.54, 1.807) is 4.68 Å². The topological polar surface area (TPSA) is 46.9 Å². The molecule has 1 amide bonds. The lowest BCUT2D eigenvalue weighted by atomic mass is 10.1. The molecule has 0 bridgehead atoms. The molecule has 130 valence electrons. The molecule has 1 saturated carbocycles. The first-order valence-corrected chi connectivity index (χ1v) is 9.33. The highest BCUT2D eigenvalue weighted by atomic mass is 16.2. The van der Waals surface area contributed by atoms with Crippen LogP contribution in [0.4, 0.5) is 0 Å². The van der Waals surface area contributed by atoms with Gasteiger partial charge in [-0.1, -0.05) is 42.5 Å². The van der Waals surface area contributed by atoms with Crippen molar-refractivity contribution in [2.75, 3.05) is 0 Å². The standard InChI is InChI=1S/C22H21N3O/c26-22(23-19-13-12-15-6-4-5-9-18(15)19)21-14-20(16-10-11-16)24-25(21)17-7-2-1-3-8-17/h1-9,14,16,19H,10-13H2,(H,23,26)/t19-/m1/s1. The van der Waals surface area contributed by atoms with Crippen molar-refractivity contribution in [2.45, 2.75) is 37.6 Å². The molecule has 1 heterocycles. The molecule has 0 spiro atoms. The average Bonchev–Trinajstić information content (AvgIpc) is 3.31. The summed E-state index contributed by atoms with van der Waals surface area (Å²) >= 11 is 0. The second-order valence-corrected chi connectivity index (χ2v) is 7.24. The number of nitrogens with one attached hydrogen (secondary N) is 1. The SMILES string of the molecule is O=C(N[C@@H]1CCc2ccccc21)c1cc(C2CC2)nn1-c1ccccc1. The van der Waals surface area contributed by atoms with Gasteiger partial charge in [0.15, 0.2) is 0 Å². The van der Waals surface area contributed by atoms with Crippen molar-refractivity contribution < 1.29 is 4.79 Å². The predicted molar refractivity (Wildman–Crippen MR) is 101 cm³/mol. The van der Waals surface area contributed by atoms with Gasteiger partial charge in [-0.3, -0.25) is 4.79 Å². The smallest absolute Gasteiger partial charge is 0.270 e. The van der Waals surface area contributed by atoms with Crippen molar-refractivity contribution >= 4 is 5.91 Å². The number of nitrogens with zero attached hydrogens (tertiary/aromatic N) is 2. The number of fused-ring (bicyclic) bond motifs is 1. The third-order valence-electron chi connectivity index (χ3n) is 5.40. The van der Waals surface area contributed by atoms with Crippen LogP contribution in [0.3, 0.4) is 0 Å². The van der Waals surface area contributed by atoms with Gasteiger partial charge in [-0.05, 0) is 55.0 Å². The number of carbonyl (C=O) groups excluding carboxylic acids is 1. The number of benzene rings is 2. The molecule has 2 aromatic carbocycles. The van der Waals surface area contributed by atoms with Gasteiger partial charge in [-0.2, -0.15) is 5.10 Å². The molecule has 0 unspecified atom stereocenters. The lowest BCUT2D eigenvalue weighted by molar-refractivity contribution is 0.0929. The van der Waals surface area contributed by atoms with Gasteiger partial charge >= 0.3 is 0 Å². The number of hydrogen-bond acceptors (Lipinski definition) is 2. The number of amides is 1. The Morgan fingerprint density at radius 3 is 2.58 bits per heavy atom. The maximum Gasteiger partial charge on any atom is 0.270 e. The van der Waals surface area contributed by atoms with Gasteiger partial charge in [0.1, 0.15) is 5.69 Å². The van der Waals surface area contributed by atoms with E-state index in [0.717, 1.165) is 24.2 Å². The van der Waals surface area contributed by atoms with E-state index in [4.69, 9.17) is 5.10 Å². The molecule has 4 heteroatoms. The molecule has 0 radical (unpaired) electrons. The Bertz CT molecular complexity index is 957. The number of aryl methyl sites for hydroxylation is 1. The minimum absolute atomic E-state index is 0.0463. The first-order valence-electron chi connectivity index (χ1n) is 9.33. The molecule has 1 atom stereocenters. The van der Waals surface area contributed by atoms with Crippen LogP contribution in [-0.2, 0) is 6.42 Å². The van der Waals surface area contributed by atoms with E-state index < -0.39 is 0 Å². The molecule has 5 rings (SSSR count). The fraction of sp³-hybridized carbons (Fsp3) is 0.273. The summed E-state index contributed by atoms with van der Waals surface area (Å²) in [6.07, 6.45) is 4.32. The summed E-state index contributed by atoms with van der Waals surface area (Å²) in [7, 11) is 0. The second-order valence-electron chi connectivity index (χ2n) is 7.24. The Hall–Kier alpha value is -2.88. The largest absolute Gasteiger partial charge is 0.344 e. The monoisotopic (exact) mass is 343 g/mol. The fourth-order valence-electron chi connectivity index (χ4n) is 3.85. The van der Waals surface area contributed by atoms with Gasteiger partial charge in [-0.15, -0.1) is 0 Å². The van der Waals surface area contributed by atoms with E-state index in [1.165, 1.54) is 24.0 Å². The molecule has 0 aliphatic heterocycles. The van der Waals surface area contributed by atoms with Crippen molar-refractivity contribution in [1.29, 1.82) is 0 Å². The number of carbonyl (C=O) groups is 1. The zero-order chi connectivity index (χ0) is 17.5. The number of rotatable bonds is 4. The Labute approximate surface area is 152 Å². The molecule has 26 heavy (non-hydrogen) atoms. The quantitative estimate of drug-likeness (QED) is 0.773. The first-order chi connectivity index (χ1) is 12.8. The van der Waals surface area contributed by atoms with Gasteiger partial charge in [0.2, 0.25) is 0 Å². The summed E-state index contributed by atoms with van der Waals surface area (Å²) < 4.78 is 1.80. The number of hydrogen-bond donors (Lipinski definition) is 1. The van der Waals surface area contributed by atoms with Crippen LogP contribution in [0.15, 0.2) is 60.7 Å². The summed E-state index contributed by atoms with van der Waals surface area (Å²) in [6, 6.07) is 20.4. The Balaban J connectivity index is 1.47. The maximum absolute atomic E-state index is 13.1. The van der Waals surface area contributed by atoms with Gasteiger partial charge in [0, 0.05) is 5.92 Å². The summed E-state index contributed by atoms with van der Waals surface area (Å²) in [6.45, 7) is 0. The van der Waals surface area contributed by atoms with E-state index >= 15 is 0 Å². The van der Waals surface area contributed by atoms with E-state index in [9.17, 15) is 4.79 Å². The summed E-state index contributed by atoms with van der Waals surface area (Å²) in [5.41, 5.74) is 5.17. The van der Waals surface area contributed by atoms with Crippen molar-refractivity contribution in [1.82, 2.24) is 15.1 Å². The van der Waals surface area contributed by atoms with E-state index in [0.29, 0.717) is 11.6 Å². The highest BCUT2D eigenvalue weighted by Gasteiger charge is 2.30. The molecule has 3 aromatic rings. The third-order valence-corrected chi connectivity index (χ3v) is 5.40. The Kier molecular flexibility index (Phi) is 3.63. The fourth-order valence-corrected chi connectivity index (χ4v) is 3.85. The molecule has 1 aromatic heterocycles. The summed E-state index contributed by atoms with van der Waals surface area (Å²) in [5.74, 6) is 0.466. The lowest BCUT2D eigenvalue weighted by Gasteiger charge is -2.15. The van der Waals surface area contributed by atoms with E-state index in [1.807, 2.05) is 42.5 Å². The van der Waals surface area contributed by atoms with Gasteiger partial charge < -0.3 is 5.32 Å². The van der Waals surface area contributed by atoms with Gasteiger partial charge in [-0.25, -0.2) is 4.68 Å². The molecule has 2 aliphatic carbocycles. The zero-order valence-corrected chi connectivity index (χ0v) is 14.6. The van der Waals surface area contributed by atoms with Crippen molar-refractivity contribution in [3.05, 3.63) is 83.2 Å². The summed E-state index contributed by atoms with van der Waals surface area (Å²) in [4.78, 5) is 13.1. The summed E-state index contributed by atoms with van der Waals surface area (Å²) in [5, 5.41) is 7.97. The minimum Gasteiger partial charge on any atom is -0.344 e. The van der Waals surface area contributed by atoms with Gasteiger partial charge in [0.05, 0.1) is 17.4 Å². The van der Waals surface area contributed by atoms with Crippen LogP contribution in [-0.4, -0.2) is 15.7 Å². The van der Waals surface area contributed by atoms with E-state index in [2.05, 4.69) is 23.5 Å². The molecule has 4 nitrogen and oxygen atoms in total. The molecule has 0 saturated heterocycles. The van der Waals surface area contributed by atoms with Crippen LogP contribution in [0.25, 0.3) is 5.69 Å². The maximum atomic E-state index is 13.1. The van der Waals surface area contributed by atoms with Crippen LogP contribution < -0.4 is 5.32 Å². The number of para-hydroxylation sites is 1. The average molecular weight is 343 g/mol.